The smallest absolute Gasteiger partial charge is 0.134 e. The fraction of sp³-hybridized carbons (Fsp3) is 0.308. The molecule has 3 rings (SSSR count). The van der Waals surface area contributed by atoms with E-state index < -0.39 is 0 Å². The first kappa shape index (κ1) is 10.4. The molecular formula is C13H15N3O. The first-order valence-electron chi connectivity index (χ1n) is 5.77. The van der Waals surface area contributed by atoms with Crippen LogP contribution in [0.2, 0.25) is 0 Å². The molecule has 1 aliphatic heterocycles. The number of nitrogens with zero attached hydrogens (tertiary/aromatic N) is 1. The maximum Gasteiger partial charge on any atom is 0.134 e. The second-order valence-electron chi connectivity index (χ2n) is 4.25. The topological polar surface area (TPSA) is 46.2 Å². The Morgan fingerprint density at radius 3 is 2.94 bits per heavy atom. The molecule has 0 atom stereocenters. The van der Waals surface area contributed by atoms with E-state index in [-0.39, 0.29) is 0 Å². The molecule has 1 fully saturated rings. The number of benzene rings is 1. The van der Waals surface area contributed by atoms with E-state index in [0.29, 0.717) is 6.04 Å². The Morgan fingerprint density at radius 1 is 1.35 bits per heavy atom. The molecule has 2 aromatic rings. The first-order valence-corrected chi connectivity index (χ1v) is 5.77. The highest BCUT2D eigenvalue weighted by atomic mass is 16.5. The molecule has 2 heterocycles. The van der Waals surface area contributed by atoms with Gasteiger partial charge in [-0.05, 0) is 29.7 Å². The van der Waals surface area contributed by atoms with Crippen molar-refractivity contribution in [2.75, 3.05) is 25.5 Å². The molecule has 4 heteroatoms. The lowest BCUT2D eigenvalue weighted by molar-refractivity contribution is 0.415. The zero-order chi connectivity index (χ0) is 11.7. The number of ether oxygens (including phenoxy) is 1. The Balaban J connectivity index is 1.99. The SMILES string of the molecule is COc1ccc2c(NC3CNC3)nccc2c1. The van der Waals surface area contributed by atoms with Crippen LogP contribution in [-0.2, 0) is 0 Å². The predicted octanol–water partition coefficient (Wildman–Crippen LogP) is 1.63. The molecule has 1 aromatic heterocycles. The molecule has 0 saturated carbocycles. The molecule has 0 bridgehead atoms. The summed E-state index contributed by atoms with van der Waals surface area (Å²) in [6, 6.07) is 8.54. The van der Waals surface area contributed by atoms with Crippen LogP contribution in [0.5, 0.6) is 5.75 Å². The number of fused-ring (bicyclic) bond motifs is 1. The third kappa shape index (κ3) is 1.91. The summed E-state index contributed by atoms with van der Waals surface area (Å²) in [5.74, 6) is 1.83. The Morgan fingerprint density at radius 2 is 2.24 bits per heavy atom. The van der Waals surface area contributed by atoms with Gasteiger partial charge in [0.05, 0.1) is 13.2 Å². The molecule has 0 aliphatic carbocycles. The van der Waals surface area contributed by atoms with Gasteiger partial charge >= 0.3 is 0 Å². The Kier molecular flexibility index (Phi) is 2.57. The van der Waals surface area contributed by atoms with Crippen molar-refractivity contribution in [2.24, 2.45) is 0 Å². The summed E-state index contributed by atoms with van der Waals surface area (Å²) in [4.78, 5) is 4.40. The number of methoxy groups -OCH3 is 1. The van der Waals surface area contributed by atoms with Crippen molar-refractivity contribution < 1.29 is 4.74 Å². The Labute approximate surface area is 100.0 Å². The molecule has 0 radical (unpaired) electrons. The van der Waals surface area contributed by atoms with Gasteiger partial charge in [0, 0.05) is 24.7 Å². The summed E-state index contributed by atoms with van der Waals surface area (Å²) in [6.45, 7) is 2.02. The number of hydrogen-bond acceptors (Lipinski definition) is 4. The van der Waals surface area contributed by atoms with Gasteiger partial charge < -0.3 is 15.4 Å². The van der Waals surface area contributed by atoms with Crippen molar-refractivity contribution in [3.8, 4) is 5.75 Å². The molecule has 1 aromatic carbocycles. The largest absolute Gasteiger partial charge is 0.497 e. The Hall–Kier alpha value is -1.81. The van der Waals surface area contributed by atoms with E-state index in [1.807, 2.05) is 24.4 Å². The number of anilines is 1. The fourth-order valence-electron chi connectivity index (χ4n) is 1.98. The maximum absolute atomic E-state index is 5.22. The molecule has 4 nitrogen and oxygen atoms in total. The number of rotatable bonds is 3. The van der Waals surface area contributed by atoms with Crippen molar-refractivity contribution in [3.05, 3.63) is 30.5 Å². The molecule has 2 N–H and O–H groups in total. The molecule has 1 aliphatic rings. The molecule has 0 spiro atoms. The normalized spacial score (nSPS) is 15.6. The number of nitrogens with one attached hydrogen (secondary N) is 2. The monoisotopic (exact) mass is 229 g/mol. The zero-order valence-corrected chi connectivity index (χ0v) is 9.73. The zero-order valence-electron chi connectivity index (χ0n) is 9.73. The third-order valence-corrected chi connectivity index (χ3v) is 3.09. The van der Waals surface area contributed by atoms with E-state index in [4.69, 9.17) is 4.74 Å². The van der Waals surface area contributed by atoms with E-state index in [9.17, 15) is 0 Å². The fourth-order valence-corrected chi connectivity index (χ4v) is 1.98. The van der Waals surface area contributed by atoms with Gasteiger partial charge in [-0.2, -0.15) is 0 Å². The summed E-state index contributed by atoms with van der Waals surface area (Å²) in [7, 11) is 1.68. The summed E-state index contributed by atoms with van der Waals surface area (Å²) < 4.78 is 5.22. The van der Waals surface area contributed by atoms with E-state index in [1.54, 1.807) is 7.11 Å². The van der Waals surface area contributed by atoms with Gasteiger partial charge in [-0.3, -0.25) is 0 Å². The molecule has 1 saturated heterocycles. The minimum atomic E-state index is 0.496. The van der Waals surface area contributed by atoms with Gasteiger partial charge in [-0.15, -0.1) is 0 Å². The lowest BCUT2D eigenvalue weighted by atomic mass is 10.1. The quantitative estimate of drug-likeness (QED) is 0.839. The molecule has 0 amide bonds. The van der Waals surface area contributed by atoms with Crippen LogP contribution >= 0.6 is 0 Å². The van der Waals surface area contributed by atoms with Crippen LogP contribution in [0.4, 0.5) is 5.82 Å². The summed E-state index contributed by atoms with van der Waals surface area (Å²) in [6.07, 6.45) is 1.83. The van der Waals surface area contributed by atoms with Gasteiger partial charge in [0.2, 0.25) is 0 Å². The standard InChI is InChI=1S/C13H15N3O/c1-17-11-2-3-12-9(6-11)4-5-15-13(12)16-10-7-14-8-10/h2-6,10,14H,7-8H2,1H3,(H,15,16). The maximum atomic E-state index is 5.22. The second kappa shape index (κ2) is 4.22. The van der Waals surface area contributed by atoms with Gasteiger partial charge in [-0.1, -0.05) is 0 Å². The van der Waals surface area contributed by atoms with Gasteiger partial charge in [-0.25, -0.2) is 4.98 Å². The highest BCUT2D eigenvalue weighted by Crippen LogP contribution is 2.25. The number of pyridine rings is 1. The van der Waals surface area contributed by atoms with Crippen LogP contribution in [0, 0.1) is 0 Å². The van der Waals surface area contributed by atoms with Crippen molar-refractivity contribution in [3.63, 3.8) is 0 Å². The molecule has 88 valence electrons. The lowest BCUT2D eigenvalue weighted by Gasteiger charge is -2.28. The number of aromatic nitrogens is 1. The molecular weight excluding hydrogens is 214 g/mol. The van der Waals surface area contributed by atoms with Crippen LogP contribution in [-0.4, -0.2) is 31.2 Å². The first-order chi connectivity index (χ1) is 8.36. The summed E-state index contributed by atoms with van der Waals surface area (Å²) >= 11 is 0. The van der Waals surface area contributed by atoms with E-state index in [0.717, 1.165) is 35.4 Å². The summed E-state index contributed by atoms with van der Waals surface area (Å²) in [5.41, 5.74) is 0. The van der Waals surface area contributed by atoms with Gasteiger partial charge in [0.1, 0.15) is 11.6 Å². The average Bonchev–Trinajstić information content (AvgIpc) is 2.33. The Bertz CT molecular complexity index is 537. The van der Waals surface area contributed by atoms with Crippen LogP contribution in [0.3, 0.4) is 0 Å². The van der Waals surface area contributed by atoms with Crippen LogP contribution in [0.25, 0.3) is 10.8 Å². The van der Waals surface area contributed by atoms with Crippen LogP contribution < -0.4 is 15.4 Å². The average molecular weight is 229 g/mol. The highest BCUT2D eigenvalue weighted by molar-refractivity contribution is 5.92. The van der Waals surface area contributed by atoms with Crippen molar-refractivity contribution >= 4 is 16.6 Å². The lowest BCUT2D eigenvalue weighted by Crippen LogP contribution is -2.51. The molecule has 0 unspecified atom stereocenters. The van der Waals surface area contributed by atoms with E-state index in [1.165, 1.54) is 0 Å². The van der Waals surface area contributed by atoms with Crippen LogP contribution in [0.15, 0.2) is 30.5 Å². The third-order valence-electron chi connectivity index (χ3n) is 3.09. The van der Waals surface area contributed by atoms with E-state index >= 15 is 0 Å². The van der Waals surface area contributed by atoms with Gasteiger partial charge in [0.15, 0.2) is 0 Å². The summed E-state index contributed by atoms with van der Waals surface area (Å²) in [5, 5.41) is 8.97. The van der Waals surface area contributed by atoms with Gasteiger partial charge in [0.25, 0.3) is 0 Å². The second-order valence-corrected chi connectivity index (χ2v) is 4.25. The minimum absolute atomic E-state index is 0.496. The van der Waals surface area contributed by atoms with Crippen molar-refractivity contribution in [1.29, 1.82) is 0 Å². The predicted molar refractivity (Wildman–Crippen MR) is 68.6 cm³/mol. The number of hydrogen-bond donors (Lipinski definition) is 2. The van der Waals surface area contributed by atoms with E-state index in [2.05, 4.69) is 21.7 Å². The molecule has 17 heavy (non-hydrogen) atoms. The van der Waals surface area contributed by atoms with Crippen LogP contribution in [0.1, 0.15) is 0 Å². The van der Waals surface area contributed by atoms with Crippen molar-refractivity contribution in [2.45, 2.75) is 6.04 Å². The van der Waals surface area contributed by atoms with Crippen molar-refractivity contribution in [1.82, 2.24) is 10.3 Å². The minimum Gasteiger partial charge on any atom is -0.497 e. The highest BCUT2D eigenvalue weighted by Gasteiger charge is 2.17.